The van der Waals surface area contributed by atoms with Gasteiger partial charge in [0.25, 0.3) is 0 Å². The zero-order valence-electron chi connectivity index (χ0n) is 11.9. The Bertz CT molecular complexity index is 913. The molecule has 3 aromatic rings. The zero-order valence-corrected chi connectivity index (χ0v) is 13.5. The van der Waals surface area contributed by atoms with Crippen LogP contribution in [0.4, 0.5) is 4.39 Å². The molecule has 1 aromatic carbocycles. The van der Waals surface area contributed by atoms with E-state index < -0.39 is 10.0 Å². The van der Waals surface area contributed by atoms with Crippen LogP contribution < -0.4 is 4.72 Å². The van der Waals surface area contributed by atoms with E-state index in [1.807, 2.05) is 6.92 Å². The Kier molecular flexibility index (Phi) is 4.03. The molecule has 0 saturated heterocycles. The van der Waals surface area contributed by atoms with Crippen LogP contribution in [-0.4, -0.2) is 19.9 Å². The highest BCUT2D eigenvalue weighted by Crippen LogP contribution is 2.21. The molecule has 0 atom stereocenters. The molecule has 116 valence electrons. The molecule has 0 bridgehead atoms. The van der Waals surface area contributed by atoms with E-state index in [1.165, 1.54) is 23.5 Å². The first kappa shape index (κ1) is 15.2. The first-order valence-corrected chi connectivity index (χ1v) is 9.07. The normalized spacial score (nSPS) is 12.1. The molecule has 2 aromatic heterocycles. The molecule has 0 aliphatic heterocycles. The summed E-state index contributed by atoms with van der Waals surface area (Å²) in [4.78, 5) is 4.01. The number of rotatable bonds is 5. The summed E-state index contributed by atoms with van der Waals surface area (Å²) in [5.74, 6) is -0.303. The van der Waals surface area contributed by atoms with E-state index in [9.17, 15) is 12.8 Å². The van der Waals surface area contributed by atoms with Crippen molar-refractivity contribution in [1.82, 2.24) is 9.71 Å². The van der Waals surface area contributed by atoms with Crippen molar-refractivity contribution in [1.29, 1.82) is 0 Å². The molecule has 4 nitrogen and oxygen atoms in total. The lowest BCUT2D eigenvalue weighted by molar-refractivity contribution is 0.584. The van der Waals surface area contributed by atoms with E-state index in [-0.39, 0.29) is 12.4 Å². The Morgan fingerprint density at radius 2 is 2.09 bits per heavy atom. The van der Waals surface area contributed by atoms with Crippen LogP contribution in [0.3, 0.4) is 0 Å². The average Bonchev–Trinajstić information content (AvgIpc) is 3.06. The van der Waals surface area contributed by atoms with Crippen LogP contribution in [0.1, 0.15) is 10.4 Å². The molecular weight excluding hydrogens is 323 g/mol. The van der Waals surface area contributed by atoms with E-state index in [4.69, 9.17) is 0 Å². The summed E-state index contributed by atoms with van der Waals surface area (Å²) in [5.41, 5.74) is 1.73. The van der Waals surface area contributed by atoms with Gasteiger partial charge >= 0.3 is 0 Å². The van der Waals surface area contributed by atoms with Crippen molar-refractivity contribution in [3.63, 3.8) is 0 Å². The fraction of sp³-hybridized carbons (Fsp3) is 0.200. The van der Waals surface area contributed by atoms with Gasteiger partial charge in [0, 0.05) is 28.5 Å². The lowest BCUT2D eigenvalue weighted by atomic mass is 10.1. The summed E-state index contributed by atoms with van der Waals surface area (Å²) < 4.78 is 40.4. The van der Waals surface area contributed by atoms with Crippen LogP contribution >= 0.6 is 11.3 Å². The third kappa shape index (κ3) is 3.06. The smallest absolute Gasteiger partial charge is 0.250 e. The molecule has 22 heavy (non-hydrogen) atoms. The van der Waals surface area contributed by atoms with Crippen molar-refractivity contribution in [3.05, 3.63) is 52.8 Å². The van der Waals surface area contributed by atoms with Crippen molar-refractivity contribution in [3.8, 4) is 0 Å². The summed E-state index contributed by atoms with van der Waals surface area (Å²) >= 11 is 1.24. The first-order valence-electron chi connectivity index (χ1n) is 6.77. The second-order valence-electron chi connectivity index (χ2n) is 5.02. The lowest BCUT2D eigenvalue weighted by Gasteiger charge is -2.04. The molecular formula is C15H15FN2O2S2. The SMILES string of the molecule is Cc1ccc(S(=O)(=O)NCCc2c[nH]c3ccc(F)cc23)s1. The number of thiophene rings is 1. The maximum Gasteiger partial charge on any atom is 0.250 e. The number of aromatic nitrogens is 1. The van der Waals surface area contributed by atoms with Crippen LogP contribution in [0.15, 0.2) is 40.7 Å². The standard InChI is InChI=1S/C15H15FN2O2S2/c1-10-2-5-15(21-10)22(19,20)18-7-6-11-9-17-14-4-3-12(16)8-13(11)14/h2-5,8-9,17-18H,6-7H2,1H3. The Hall–Kier alpha value is -1.70. The number of hydrogen-bond donors (Lipinski definition) is 2. The predicted octanol–water partition coefficient (Wildman–Crippen LogP) is 3.20. The minimum absolute atomic E-state index is 0.267. The molecule has 0 radical (unpaired) electrons. The van der Waals surface area contributed by atoms with Gasteiger partial charge in [-0.3, -0.25) is 0 Å². The average molecular weight is 338 g/mol. The van der Waals surface area contributed by atoms with Gasteiger partial charge in [0.1, 0.15) is 10.0 Å². The summed E-state index contributed by atoms with van der Waals surface area (Å²) in [7, 11) is -3.47. The maximum atomic E-state index is 13.3. The van der Waals surface area contributed by atoms with Gasteiger partial charge in [-0.25, -0.2) is 17.5 Å². The van der Waals surface area contributed by atoms with E-state index in [0.29, 0.717) is 10.6 Å². The molecule has 0 amide bonds. The summed E-state index contributed by atoms with van der Waals surface area (Å²) in [6, 6.07) is 7.90. The van der Waals surface area contributed by atoms with Gasteiger partial charge in [0.15, 0.2) is 0 Å². The van der Waals surface area contributed by atoms with Gasteiger partial charge in [-0.1, -0.05) is 0 Å². The molecule has 0 saturated carbocycles. The van der Waals surface area contributed by atoms with E-state index in [0.717, 1.165) is 21.3 Å². The van der Waals surface area contributed by atoms with Gasteiger partial charge in [-0.2, -0.15) is 0 Å². The fourth-order valence-electron chi connectivity index (χ4n) is 2.31. The van der Waals surface area contributed by atoms with E-state index in [2.05, 4.69) is 9.71 Å². The molecule has 3 rings (SSSR count). The second-order valence-corrected chi connectivity index (χ2v) is 8.30. The molecule has 0 aliphatic carbocycles. The number of aromatic amines is 1. The Balaban J connectivity index is 1.71. The zero-order chi connectivity index (χ0) is 15.7. The molecule has 2 N–H and O–H groups in total. The second kappa shape index (κ2) is 5.83. The fourth-order valence-corrected chi connectivity index (χ4v) is 4.66. The third-order valence-corrected chi connectivity index (χ3v) is 6.35. The first-order chi connectivity index (χ1) is 10.5. The molecule has 0 aliphatic rings. The Labute approximate surface area is 132 Å². The Morgan fingerprint density at radius 1 is 1.27 bits per heavy atom. The number of H-pyrrole nitrogens is 1. The quantitative estimate of drug-likeness (QED) is 0.750. The molecule has 7 heteroatoms. The Morgan fingerprint density at radius 3 is 2.82 bits per heavy atom. The van der Waals surface area contributed by atoms with Crippen molar-refractivity contribution < 1.29 is 12.8 Å². The van der Waals surface area contributed by atoms with Gasteiger partial charge in [-0.05, 0) is 49.2 Å². The number of aryl methyl sites for hydroxylation is 1. The van der Waals surface area contributed by atoms with Crippen molar-refractivity contribution >= 4 is 32.3 Å². The number of benzene rings is 1. The van der Waals surface area contributed by atoms with Crippen LogP contribution in [0.5, 0.6) is 0 Å². The monoisotopic (exact) mass is 338 g/mol. The predicted molar refractivity (Wildman–Crippen MR) is 86.2 cm³/mol. The van der Waals surface area contributed by atoms with Gasteiger partial charge in [0.2, 0.25) is 10.0 Å². The highest BCUT2D eigenvalue weighted by atomic mass is 32.2. The summed E-state index contributed by atoms with van der Waals surface area (Å²) in [6.45, 7) is 2.13. The number of nitrogens with one attached hydrogen (secondary N) is 2. The third-order valence-electron chi connectivity index (χ3n) is 3.40. The number of fused-ring (bicyclic) bond motifs is 1. The number of hydrogen-bond acceptors (Lipinski definition) is 3. The highest BCUT2D eigenvalue weighted by Gasteiger charge is 2.15. The van der Waals surface area contributed by atoms with Gasteiger partial charge in [0.05, 0.1) is 0 Å². The van der Waals surface area contributed by atoms with Gasteiger partial charge < -0.3 is 4.98 Å². The molecule has 2 heterocycles. The van der Waals surface area contributed by atoms with E-state index in [1.54, 1.807) is 24.4 Å². The van der Waals surface area contributed by atoms with Crippen molar-refractivity contribution in [2.75, 3.05) is 6.54 Å². The largest absolute Gasteiger partial charge is 0.361 e. The molecule has 0 spiro atoms. The summed E-state index contributed by atoms with van der Waals surface area (Å²) in [6.07, 6.45) is 2.28. The minimum Gasteiger partial charge on any atom is -0.361 e. The number of halogens is 1. The van der Waals surface area contributed by atoms with Crippen molar-refractivity contribution in [2.45, 2.75) is 17.6 Å². The van der Waals surface area contributed by atoms with Crippen LogP contribution in [0.25, 0.3) is 10.9 Å². The molecule has 0 unspecified atom stereocenters. The van der Waals surface area contributed by atoms with E-state index >= 15 is 0 Å². The summed E-state index contributed by atoms with van der Waals surface area (Å²) in [5, 5.41) is 0.783. The topological polar surface area (TPSA) is 62.0 Å². The highest BCUT2D eigenvalue weighted by molar-refractivity contribution is 7.91. The lowest BCUT2D eigenvalue weighted by Crippen LogP contribution is -2.25. The maximum absolute atomic E-state index is 13.3. The van der Waals surface area contributed by atoms with Crippen LogP contribution in [-0.2, 0) is 16.4 Å². The van der Waals surface area contributed by atoms with Crippen molar-refractivity contribution in [2.24, 2.45) is 0 Å². The number of sulfonamides is 1. The van der Waals surface area contributed by atoms with Crippen LogP contribution in [0, 0.1) is 12.7 Å². The molecule has 0 fully saturated rings. The van der Waals surface area contributed by atoms with Crippen LogP contribution in [0.2, 0.25) is 0 Å². The minimum atomic E-state index is -3.47. The van der Waals surface area contributed by atoms with Gasteiger partial charge in [-0.15, -0.1) is 11.3 Å².